The maximum Gasteiger partial charge on any atom is 0.349 e. The van der Waals surface area contributed by atoms with Gasteiger partial charge in [0.1, 0.15) is 6.61 Å². The van der Waals surface area contributed by atoms with Crippen LogP contribution in [0.2, 0.25) is 0 Å². The molecule has 1 aromatic heterocycles. The van der Waals surface area contributed by atoms with Crippen LogP contribution in [0.3, 0.4) is 0 Å². The molecular weight excluding hydrogens is 614 g/mol. The van der Waals surface area contributed by atoms with Crippen LogP contribution < -0.4 is 10.1 Å². The van der Waals surface area contributed by atoms with E-state index in [1.807, 2.05) is 24.3 Å². The van der Waals surface area contributed by atoms with E-state index in [0.29, 0.717) is 28.5 Å². The Hall–Kier alpha value is -3.33. The molecule has 1 aliphatic rings. The quantitative estimate of drug-likeness (QED) is 0.172. The Bertz CT molecular complexity index is 1500. The smallest absolute Gasteiger partial charge is 0.349 e. The average molecular weight is 639 g/mol. The molecule has 14 heteroatoms. The van der Waals surface area contributed by atoms with Crippen molar-refractivity contribution in [1.82, 2.24) is 4.31 Å². The third-order valence-corrected chi connectivity index (χ3v) is 10.2. The van der Waals surface area contributed by atoms with E-state index in [9.17, 15) is 33.2 Å². The number of aromatic carboxylic acids is 1. The number of carboxylic acids is 1. The Labute approximate surface area is 236 Å². The summed E-state index contributed by atoms with van der Waals surface area (Å²) in [5.41, 5.74) is 1.46. The number of nitrogens with zero attached hydrogens (tertiary/aromatic N) is 2. The number of nitrogens with one attached hydrogen (secondary N) is 1. The van der Waals surface area contributed by atoms with E-state index in [1.165, 1.54) is 22.5 Å². The minimum absolute atomic E-state index is 0.00870. The Morgan fingerprint density at radius 2 is 1.95 bits per heavy atom. The number of rotatable bonds is 11. The number of piperidine rings is 1. The first-order valence-electron chi connectivity index (χ1n) is 11.8. The van der Waals surface area contributed by atoms with Crippen molar-refractivity contribution in [2.75, 3.05) is 25.0 Å². The zero-order chi connectivity index (χ0) is 28.2. The van der Waals surface area contributed by atoms with Gasteiger partial charge in [-0.15, -0.1) is 11.3 Å². The standard InChI is InChI=1S/C25H24BrN3O8S2/c26-21-22(37-13-12-30)24(25(31)32)38-23(21)16-5-3-6-19(14-16)27-18-8-10-28(11-9-18)39(35,36)15-17-4-1-2-7-20(17)29(33)34/h1-7,12,14,18,27H,8-11,13,15H2,(H,31,32). The number of hydrogen-bond acceptors (Lipinski definition) is 9. The summed E-state index contributed by atoms with van der Waals surface area (Å²) in [5.74, 6) is -1.50. The SMILES string of the molecule is O=CCOc1c(C(=O)O)sc(-c2cccc(NC3CCN(S(=O)(=O)Cc4ccccc4[N+](=O)[O-])CC3)c2)c1Br. The van der Waals surface area contributed by atoms with Crippen LogP contribution in [0.5, 0.6) is 5.75 Å². The second kappa shape index (κ2) is 12.2. The molecule has 0 radical (unpaired) electrons. The maximum absolute atomic E-state index is 13.0. The summed E-state index contributed by atoms with van der Waals surface area (Å²) in [5, 5.41) is 24.2. The normalized spacial score (nSPS) is 14.6. The second-order valence-electron chi connectivity index (χ2n) is 8.73. The first-order chi connectivity index (χ1) is 18.6. The van der Waals surface area contributed by atoms with Crippen LogP contribution in [0, 0.1) is 10.1 Å². The summed E-state index contributed by atoms with van der Waals surface area (Å²) in [6.45, 7) is 0.277. The molecule has 0 spiro atoms. The van der Waals surface area contributed by atoms with Crippen LogP contribution in [-0.4, -0.2) is 60.7 Å². The number of carbonyl (C=O) groups is 2. The molecule has 3 aromatic rings. The topological polar surface area (TPSA) is 156 Å². The second-order valence-corrected chi connectivity index (χ2v) is 12.5. The number of carbonyl (C=O) groups excluding carboxylic acids is 1. The Morgan fingerprint density at radius 3 is 2.62 bits per heavy atom. The number of nitro benzene ring substituents is 1. The number of aldehydes is 1. The predicted octanol–water partition coefficient (Wildman–Crippen LogP) is 4.77. The van der Waals surface area contributed by atoms with Gasteiger partial charge in [0.2, 0.25) is 10.0 Å². The average Bonchev–Trinajstić information content (AvgIpc) is 3.24. The van der Waals surface area contributed by atoms with Crippen LogP contribution >= 0.6 is 27.3 Å². The van der Waals surface area contributed by atoms with Crippen LogP contribution in [0.15, 0.2) is 53.0 Å². The third kappa shape index (κ3) is 6.64. The molecule has 0 bridgehead atoms. The van der Waals surface area contributed by atoms with Gasteiger partial charge < -0.3 is 15.2 Å². The van der Waals surface area contributed by atoms with E-state index in [-0.39, 0.29) is 47.6 Å². The molecule has 1 fully saturated rings. The van der Waals surface area contributed by atoms with Crippen molar-refractivity contribution >= 4 is 60.9 Å². The molecule has 0 amide bonds. The number of anilines is 1. The molecule has 1 aliphatic heterocycles. The highest BCUT2D eigenvalue weighted by molar-refractivity contribution is 9.10. The van der Waals surface area contributed by atoms with Gasteiger partial charge in [0.05, 0.1) is 20.0 Å². The van der Waals surface area contributed by atoms with Gasteiger partial charge in [-0.2, -0.15) is 0 Å². The Kier molecular flexibility index (Phi) is 9.00. The van der Waals surface area contributed by atoms with Crippen molar-refractivity contribution in [3.8, 4) is 16.2 Å². The highest BCUT2D eigenvalue weighted by atomic mass is 79.9. The monoisotopic (exact) mass is 637 g/mol. The molecule has 2 heterocycles. The number of hydrogen-bond donors (Lipinski definition) is 2. The summed E-state index contributed by atoms with van der Waals surface area (Å²) in [4.78, 5) is 33.7. The number of para-hydroxylation sites is 1. The zero-order valence-electron chi connectivity index (χ0n) is 20.4. The van der Waals surface area contributed by atoms with Gasteiger partial charge in [-0.1, -0.05) is 30.3 Å². The largest absolute Gasteiger partial charge is 0.483 e. The molecule has 39 heavy (non-hydrogen) atoms. The summed E-state index contributed by atoms with van der Waals surface area (Å²) in [6.07, 6.45) is 1.62. The van der Waals surface area contributed by atoms with Crippen molar-refractivity contribution < 1.29 is 32.8 Å². The molecule has 206 valence electrons. The zero-order valence-corrected chi connectivity index (χ0v) is 23.6. The number of thiophene rings is 1. The van der Waals surface area contributed by atoms with Crippen LogP contribution in [0.4, 0.5) is 11.4 Å². The molecule has 0 unspecified atom stereocenters. The first-order valence-corrected chi connectivity index (χ1v) is 15.0. The van der Waals surface area contributed by atoms with Gasteiger partial charge in [-0.25, -0.2) is 17.5 Å². The van der Waals surface area contributed by atoms with Crippen molar-refractivity contribution in [3.05, 3.63) is 73.6 Å². The van der Waals surface area contributed by atoms with Crippen LogP contribution in [0.1, 0.15) is 28.1 Å². The van der Waals surface area contributed by atoms with Crippen LogP contribution in [0.25, 0.3) is 10.4 Å². The fraction of sp³-hybridized carbons (Fsp3) is 0.280. The lowest BCUT2D eigenvalue weighted by atomic mass is 10.1. The molecule has 4 rings (SSSR count). The van der Waals surface area contributed by atoms with Gasteiger partial charge in [0.25, 0.3) is 5.69 Å². The highest BCUT2D eigenvalue weighted by Crippen LogP contribution is 2.46. The molecule has 0 aliphatic carbocycles. The van der Waals surface area contributed by atoms with Crippen molar-refractivity contribution in [3.63, 3.8) is 0 Å². The lowest BCUT2D eigenvalue weighted by Gasteiger charge is -2.32. The molecule has 2 N–H and O–H groups in total. The summed E-state index contributed by atoms with van der Waals surface area (Å²) in [7, 11) is -3.74. The lowest BCUT2D eigenvalue weighted by Crippen LogP contribution is -2.42. The van der Waals surface area contributed by atoms with Crippen molar-refractivity contribution in [1.29, 1.82) is 0 Å². The van der Waals surface area contributed by atoms with Gasteiger partial charge in [-0.3, -0.25) is 14.9 Å². The van der Waals surface area contributed by atoms with Crippen LogP contribution in [-0.2, 0) is 20.6 Å². The van der Waals surface area contributed by atoms with Crippen molar-refractivity contribution in [2.45, 2.75) is 24.6 Å². The number of ether oxygens (including phenoxy) is 1. The Balaban J connectivity index is 1.43. The minimum atomic E-state index is -3.74. The molecule has 0 saturated carbocycles. The van der Waals surface area contributed by atoms with Gasteiger partial charge in [-0.05, 0) is 46.5 Å². The van der Waals surface area contributed by atoms with E-state index in [2.05, 4.69) is 21.2 Å². The third-order valence-electron chi connectivity index (χ3n) is 6.17. The molecular formula is C25H24BrN3O8S2. The fourth-order valence-corrected chi connectivity index (χ4v) is 7.81. The predicted molar refractivity (Wildman–Crippen MR) is 150 cm³/mol. The maximum atomic E-state index is 13.0. The Morgan fingerprint density at radius 1 is 1.23 bits per heavy atom. The van der Waals surface area contributed by atoms with Gasteiger partial charge in [0, 0.05) is 36.4 Å². The summed E-state index contributed by atoms with van der Waals surface area (Å²) in [6, 6.07) is 13.2. The number of sulfonamides is 1. The molecule has 0 atom stereocenters. The molecule has 2 aromatic carbocycles. The first kappa shape index (κ1) is 28.7. The summed E-state index contributed by atoms with van der Waals surface area (Å²) >= 11 is 4.44. The number of benzene rings is 2. The van der Waals surface area contributed by atoms with E-state index >= 15 is 0 Å². The summed E-state index contributed by atoms with van der Waals surface area (Å²) < 4.78 is 33.1. The van der Waals surface area contributed by atoms with Gasteiger partial charge >= 0.3 is 5.97 Å². The van der Waals surface area contributed by atoms with E-state index in [1.54, 1.807) is 6.07 Å². The number of halogens is 1. The van der Waals surface area contributed by atoms with E-state index < -0.39 is 26.7 Å². The van der Waals surface area contributed by atoms with Gasteiger partial charge in [0.15, 0.2) is 16.9 Å². The number of nitro groups is 1. The lowest BCUT2D eigenvalue weighted by molar-refractivity contribution is -0.385. The minimum Gasteiger partial charge on any atom is -0.483 e. The molecule has 1 saturated heterocycles. The van der Waals surface area contributed by atoms with E-state index in [4.69, 9.17) is 4.74 Å². The highest BCUT2D eigenvalue weighted by Gasteiger charge is 2.30. The fourth-order valence-electron chi connectivity index (χ4n) is 4.33. The van der Waals surface area contributed by atoms with Crippen molar-refractivity contribution in [2.24, 2.45) is 0 Å². The number of carboxylic acid groups (broad SMARTS) is 1. The van der Waals surface area contributed by atoms with E-state index in [0.717, 1.165) is 22.6 Å². The molecule has 11 nitrogen and oxygen atoms in total.